The highest BCUT2D eigenvalue weighted by Gasteiger charge is 2.59. The number of hydrogen-bond donors (Lipinski definition) is 17. The van der Waals surface area contributed by atoms with Crippen molar-refractivity contribution in [1.82, 2.24) is 0 Å². The highest BCUT2D eigenvalue weighted by Crippen LogP contribution is 2.39. The Kier molecular flexibility index (Phi) is 22.6. The number of aliphatic hydroxyl groups excluding tert-OH is 17. The topological polar surface area (TPSA) is 473 Å². The van der Waals surface area contributed by atoms with Crippen LogP contribution in [0.1, 0.15) is 51.9 Å². The van der Waals surface area contributed by atoms with Gasteiger partial charge in [0, 0.05) is 6.61 Å². The van der Waals surface area contributed by atoms with Crippen LogP contribution in [0.15, 0.2) is 0 Å². The molecule has 23 fully saturated rings. The van der Waals surface area contributed by atoms with Crippen molar-refractivity contribution in [3.63, 3.8) is 0 Å². The molecule has 12 bridgehead atoms. The van der Waals surface area contributed by atoms with E-state index in [4.69, 9.17) is 66.3 Å². The zero-order chi connectivity index (χ0) is 56.3. The van der Waals surface area contributed by atoms with E-state index in [1.165, 1.54) is 0 Å². The second-order valence-electron chi connectivity index (χ2n) is 21.0. The molecule has 31 nitrogen and oxygen atoms in total. The summed E-state index contributed by atoms with van der Waals surface area (Å²) in [5, 5.41) is 189. The second-order valence-corrected chi connectivity index (χ2v) is 21.0. The minimum Gasteiger partial charge on any atom is -0.394 e. The van der Waals surface area contributed by atoms with E-state index < -0.39 is 224 Å². The zero-order valence-electron chi connectivity index (χ0n) is 42.7. The van der Waals surface area contributed by atoms with Gasteiger partial charge in [0.15, 0.2) is 37.7 Å². The van der Waals surface area contributed by atoms with Gasteiger partial charge in [0.25, 0.3) is 0 Å². The molecule has 31 heteroatoms. The lowest BCUT2D eigenvalue weighted by Gasteiger charge is -2.51. The molecule has 23 aliphatic rings. The molecule has 0 aromatic carbocycles. The van der Waals surface area contributed by atoms with Crippen molar-refractivity contribution in [2.24, 2.45) is 0 Å². The molecule has 0 radical (unpaired) electrons. The quantitative estimate of drug-likeness (QED) is 0.0677. The maximum Gasteiger partial charge on any atom is 0.187 e. The molecule has 78 heavy (non-hydrogen) atoms. The molecule has 23 rings (SSSR count). The van der Waals surface area contributed by atoms with Crippen LogP contribution >= 0.6 is 0 Å². The van der Waals surface area contributed by atoms with E-state index in [0.29, 0.717) is 12.8 Å². The lowest BCUT2D eigenvalue weighted by atomic mass is 9.94. The van der Waals surface area contributed by atoms with Gasteiger partial charge in [-0.15, -0.1) is 0 Å². The van der Waals surface area contributed by atoms with Crippen LogP contribution in [0.25, 0.3) is 0 Å². The SMILES string of the molecule is CC1CC(CCCCCCCO[C@@H]2[C@@H](O)[C@H]3O[C@H]4[C@H](O)[C@@H](O)[C@@H](O[C@H]5[C@H](O)[C@@H](O)[C@@H](O[C@H]6[C@H](O)[C@@H](O)[C@@H](O[C@H]7[C@H](O)[C@@H](O)[C@@H](O[C@H]8[C@H](O)[C@@H](O)[C@@H](O[C@H]2[C@@H](CO)O3)O[C@@H]8CO)O[C@@H]7CO)O[C@@H]6CO)O[C@@H]5CO)O[C@@H]4CO)O1. The van der Waals surface area contributed by atoms with E-state index in [-0.39, 0.29) is 18.8 Å². The van der Waals surface area contributed by atoms with Gasteiger partial charge in [-0.25, -0.2) is 0 Å². The molecule has 23 heterocycles. The van der Waals surface area contributed by atoms with Crippen LogP contribution in [0.4, 0.5) is 0 Å². The number of aliphatic hydroxyl groups is 17. The van der Waals surface area contributed by atoms with Gasteiger partial charge in [-0.05, 0) is 26.2 Å². The minimum atomic E-state index is -2.15. The van der Waals surface area contributed by atoms with Crippen molar-refractivity contribution in [1.29, 1.82) is 0 Å². The first-order valence-electron chi connectivity index (χ1n) is 26.6. The van der Waals surface area contributed by atoms with E-state index in [2.05, 4.69) is 0 Å². The molecule has 23 aliphatic heterocycles. The summed E-state index contributed by atoms with van der Waals surface area (Å²) in [7, 11) is 0. The number of unbranched alkanes of at least 4 members (excludes halogenated alkanes) is 4. The van der Waals surface area contributed by atoms with Crippen molar-refractivity contribution in [3.05, 3.63) is 0 Å². The molecule has 0 saturated carbocycles. The predicted molar refractivity (Wildman–Crippen MR) is 246 cm³/mol. The first-order chi connectivity index (χ1) is 37.4. The van der Waals surface area contributed by atoms with Crippen molar-refractivity contribution in [2.45, 2.75) is 248 Å². The Balaban J connectivity index is 1.07. The Morgan fingerprint density at radius 2 is 0.564 bits per heavy atom. The summed E-state index contributed by atoms with van der Waals surface area (Å²) in [5.41, 5.74) is 0. The Morgan fingerprint density at radius 3 is 0.859 bits per heavy atom. The maximum atomic E-state index is 12.0. The highest BCUT2D eigenvalue weighted by atomic mass is 16.8. The fourth-order valence-electron chi connectivity index (χ4n) is 11.2. The average molecular weight is 1140 g/mol. The third-order valence-electron chi connectivity index (χ3n) is 15.6. The summed E-state index contributed by atoms with van der Waals surface area (Å²) < 4.78 is 82.0. The first-order valence-corrected chi connectivity index (χ1v) is 26.6. The molecule has 454 valence electrons. The molecule has 0 spiro atoms. The maximum absolute atomic E-state index is 12.0. The summed E-state index contributed by atoms with van der Waals surface area (Å²) >= 11 is 0. The second kappa shape index (κ2) is 28.1. The molecule has 0 aliphatic carbocycles. The molecular formula is C47H80O31. The predicted octanol–water partition coefficient (Wildman–Crippen LogP) is -9.51. The van der Waals surface area contributed by atoms with E-state index >= 15 is 0 Å². The fraction of sp³-hybridized carbons (Fsp3) is 1.00. The molecular weight excluding hydrogens is 1060 g/mol. The van der Waals surface area contributed by atoms with Gasteiger partial charge in [-0.3, -0.25) is 0 Å². The van der Waals surface area contributed by atoms with Crippen LogP contribution in [0, 0.1) is 0 Å². The van der Waals surface area contributed by atoms with Gasteiger partial charge >= 0.3 is 0 Å². The third kappa shape index (κ3) is 13.5. The lowest BCUT2D eigenvalue weighted by molar-refractivity contribution is -0.404. The monoisotopic (exact) mass is 1140 g/mol. The standard InChI is InChI=1S/C47H80O31/c1-16-9-17(66-16)7-5-3-2-4-6-8-65-41-34(64)47-72-23(15-53)40(41)78-46-33(63)28(58)38(21(13-51)71-46)76-44-31(61)26(56)36(19(11-49)69-44)74-42-29(59)24(54)35(18(10-48)67-42)73-43-30(60)25(55)37(20(12-50)68-43)75-45-32(62)27(57)39(77-47)22(14-52)70-45/h16-64H,2-15H2,1H3/t16?,17?,18-,19-,20-,21-,22-,23-,24-,25-,26-,27-,28-,29-,30-,31-,32-,33-,34-,35-,36-,37-,38-,39-,40+,41-,42-,43-,44-,45-,46-,47-/m1/s1. The van der Waals surface area contributed by atoms with Gasteiger partial charge < -0.3 is 153 Å². The summed E-state index contributed by atoms with van der Waals surface area (Å²) in [4.78, 5) is 0. The number of hydrogen-bond acceptors (Lipinski definition) is 31. The Morgan fingerprint density at radius 1 is 0.308 bits per heavy atom. The van der Waals surface area contributed by atoms with Gasteiger partial charge in [0.1, 0.15) is 146 Å². The van der Waals surface area contributed by atoms with Crippen LogP contribution in [-0.2, 0) is 66.3 Å². The highest BCUT2D eigenvalue weighted by molar-refractivity contribution is 5.01. The van der Waals surface area contributed by atoms with E-state index in [0.717, 1.165) is 32.1 Å². The van der Waals surface area contributed by atoms with Crippen LogP contribution in [0.3, 0.4) is 0 Å². The minimum absolute atomic E-state index is 0.0306. The Bertz CT molecular complexity index is 1780. The summed E-state index contributed by atoms with van der Waals surface area (Å²) in [6, 6.07) is 0. The lowest BCUT2D eigenvalue weighted by Crippen LogP contribution is -2.69. The van der Waals surface area contributed by atoms with E-state index in [9.17, 15) is 86.8 Å². The molecule has 0 amide bonds. The summed E-state index contributed by atoms with van der Waals surface area (Å²) in [6.07, 6.45) is -50.6. The Labute approximate surface area is 447 Å². The average Bonchev–Trinajstić information content (AvgIpc) is 3.55. The van der Waals surface area contributed by atoms with E-state index in [1.807, 2.05) is 6.92 Å². The molecule has 32 atom stereocenters. The van der Waals surface area contributed by atoms with Gasteiger partial charge in [-0.1, -0.05) is 25.7 Å². The smallest absolute Gasteiger partial charge is 0.187 e. The van der Waals surface area contributed by atoms with Crippen LogP contribution in [-0.4, -0.2) is 330 Å². The van der Waals surface area contributed by atoms with Crippen molar-refractivity contribution >= 4 is 0 Å². The zero-order valence-corrected chi connectivity index (χ0v) is 42.7. The Hall–Kier alpha value is -1.24. The normalized spacial score (nSPS) is 51.5. The van der Waals surface area contributed by atoms with Crippen molar-refractivity contribution < 1.29 is 153 Å². The van der Waals surface area contributed by atoms with Gasteiger partial charge in [0.05, 0.1) is 51.8 Å². The van der Waals surface area contributed by atoms with Crippen LogP contribution < -0.4 is 0 Å². The van der Waals surface area contributed by atoms with E-state index in [1.54, 1.807) is 0 Å². The number of ether oxygens (including phenoxy) is 14. The first kappa shape index (κ1) is 62.8. The van der Waals surface area contributed by atoms with Crippen molar-refractivity contribution in [3.8, 4) is 0 Å². The molecule has 2 unspecified atom stereocenters. The summed E-state index contributed by atoms with van der Waals surface area (Å²) in [6.45, 7) is -3.83. The van der Waals surface area contributed by atoms with Crippen LogP contribution in [0.5, 0.6) is 0 Å². The van der Waals surface area contributed by atoms with Crippen LogP contribution in [0.2, 0.25) is 0 Å². The van der Waals surface area contributed by atoms with Gasteiger partial charge in [0.2, 0.25) is 0 Å². The van der Waals surface area contributed by atoms with Crippen molar-refractivity contribution in [2.75, 3.05) is 46.2 Å². The molecule has 23 saturated heterocycles. The summed E-state index contributed by atoms with van der Waals surface area (Å²) in [5.74, 6) is 0. The molecule has 0 aromatic rings. The number of rotatable bonds is 15. The fourth-order valence-corrected chi connectivity index (χ4v) is 11.2. The molecule has 0 aromatic heterocycles. The largest absolute Gasteiger partial charge is 0.394 e. The van der Waals surface area contributed by atoms with Gasteiger partial charge in [-0.2, -0.15) is 0 Å². The molecule has 17 N–H and O–H groups in total. The third-order valence-corrected chi connectivity index (χ3v) is 15.6.